The molecule has 2 aromatic rings. The molecule has 0 unspecified atom stereocenters. The van der Waals surface area contributed by atoms with Crippen LogP contribution in [0.15, 0.2) is 47.4 Å². The lowest BCUT2D eigenvalue weighted by Crippen LogP contribution is -2.32. The van der Waals surface area contributed by atoms with Gasteiger partial charge in [0.05, 0.1) is 4.90 Å². The molecule has 142 valence electrons. The monoisotopic (exact) mass is 404 g/mol. The summed E-state index contributed by atoms with van der Waals surface area (Å²) < 4.78 is 28.1. The van der Waals surface area contributed by atoms with E-state index in [1.807, 2.05) is 0 Å². The van der Waals surface area contributed by atoms with E-state index in [2.05, 4.69) is 4.72 Å². The average Bonchev–Trinajstić information content (AvgIpc) is 3.30. The van der Waals surface area contributed by atoms with Gasteiger partial charge in [-0.2, -0.15) is 0 Å². The number of amides is 1. The third kappa shape index (κ3) is 3.74. The van der Waals surface area contributed by atoms with Crippen molar-refractivity contribution in [3.05, 3.63) is 58.6 Å². The molecule has 1 heterocycles. The van der Waals surface area contributed by atoms with E-state index in [9.17, 15) is 13.2 Å². The molecule has 5 nitrogen and oxygen atoms in total. The highest BCUT2D eigenvalue weighted by atomic mass is 35.5. The molecule has 0 spiro atoms. The fraction of sp³-hybridized carbons (Fsp3) is 0.350. The summed E-state index contributed by atoms with van der Waals surface area (Å²) in [6.07, 6.45) is 4.57. The molecule has 1 aliphatic heterocycles. The van der Waals surface area contributed by atoms with E-state index in [-0.39, 0.29) is 16.8 Å². The SMILES string of the molecule is O=C(c1ccc(Cl)cc1)N1CCc2cc(S(=O)(=O)NC3CCCC3)ccc21. The van der Waals surface area contributed by atoms with E-state index in [1.165, 1.54) is 0 Å². The number of sulfonamides is 1. The number of carbonyl (C=O) groups excluding carboxylic acids is 1. The third-order valence-corrected chi connectivity index (χ3v) is 7.04. The molecule has 1 saturated carbocycles. The Labute approximate surface area is 164 Å². The van der Waals surface area contributed by atoms with Crippen molar-refractivity contribution < 1.29 is 13.2 Å². The zero-order valence-electron chi connectivity index (χ0n) is 14.8. The van der Waals surface area contributed by atoms with Crippen LogP contribution in [-0.2, 0) is 16.4 Å². The van der Waals surface area contributed by atoms with Gasteiger partial charge >= 0.3 is 0 Å². The molecule has 1 fully saturated rings. The highest BCUT2D eigenvalue weighted by Crippen LogP contribution is 2.32. The Bertz CT molecular complexity index is 967. The highest BCUT2D eigenvalue weighted by molar-refractivity contribution is 7.89. The van der Waals surface area contributed by atoms with Gasteiger partial charge in [0.15, 0.2) is 0 Å². The van der Waals surface area contributed by atoms with Gasteiger partial charge in [-0.05, 0) is 67.3 Å². The number of benzene rings is 2. The predicted molar refractivity (Wildman–Crippen MR) is 106 cm³/mol. The second-order valence-corrected chi connectivity index (χ2v) is 9.26. The number of fused-ring (bicyclic) bond motifs is 1. The van der Waals surface area contributed by atoms with Gasteiger partial charge in [-0.15, -0.1) is 0 Å². The van der Waals surface area contributed by atoms with Gasteiger partial charge < -0.3 is 4.90 Å². The Hall–Kier alpha value is -1.89. The maximum atomic E-state index is 12.8. The van der Waals surface area contributed by atoms with Crippen molar-refractivity contribution in [3.8, 4) is 0 Å². The largest absolute Gasteiger partial charge is 0.308 e. The maximum absolute atomic E-state index is 12.8. The first-order chi connectivity index (χ1) is 12.9. The van der Waals surface area contributed by atoms with Gasteiger partial charge in [-0.25, -0.2) is 13.1 Å². The minimum Gasteiger partial charge on any atom is -0.308 e. The summed E-state index contributed by atoms with van der Waals surface area (Å²) in [6.45, 7) is 0.538. The van der Waals surface area contributed by atoms with Gasteiger partial charge in [-0.3, -0.25) is 4.79 Å². The van der Waals surface area contributed by atoms with Gasteiger partial charge in [0, 0.05) is 28.9 Å². The van der Waals surface area contributed by atoms with Crippen LogP contribution < -0.4 is 9.62 Å². The van der Waals surface area contributed by atoms with E-state index in [1.54, 1.807) is 47.4 Å². The van der Waals surface area contributed by atoms with Crippen LogP contribution >= 0.6 is 11.6 Å². The molecular weight excluding hydrogens is 384 g/mol. The normalized spacial score (nSPS) is 17.3. The molecule has 1 amide bonds. The number of anilines is 1. The smallest absolute Gasteiger partial charge is 0.258 e. The topological polar surface area (TPSA) is 66.5 Å². The molecule has 0 bridgehead atoms. The molecule has 0 aromatic heterocycles. The summed E-state index contributed by atoms with van der Waals surface area (Å²) in [4.78, 5) is 14.8. The summed E-state index contributed by atoms with van der Waals surface area (Å²) in [5.74, 6) is -0.106. The molecule has 7 heteroatoms. The minimum absolute atomic E-state index is 0.0336. The second kappa shape index (κ2) is 7.26. The molecule has 1 N–H and O–H groups in total. The Balaban J connectivity index is 1.56. The lowest BCUT2D eigenvalue weighted by molar-refractivity contribution is 0.0989. The van der Waals surface area contributed by atoms with Crippen LogP contribution in [-0.4, -0.2) is 26.9 Å². The first-order valence-corrected chi connectivity index (χ1v) is 11.0. The van der Waals surface area contributed by atoms with E-state index >= 15 is 0 Å². The Morgan fingerprint density at radius 2 is 1.78 bits per heavy atom. The van der Waals surface area contributed by atoms with E-state index in [4.69, 9.17) is 11.6 Å². The van der Waals surface area contributed by atoms with Crippen LogP contribution in [0.5, 0.6) is 0 Å². The number of halogens is 1. The van der Waals surface area contributed by atoms with Crippen molar-refractivity contribution >= 4 is 33.2 Å². The molecule has 2 aromatic carbocycles. The number of rotatable bonds is 4. The Kier molecular flexibility index (Phi) is 4.97. The fourth-order valence-electron chi connectivity index (χ4n) is 3.84. The number of nitrogens with one attached hydrogen (secondary N) is 1. The van der Waals surface area contributed by atoms with Crippen molar-refractivity contribution in [1.82, 2.24) is 4.72 Å². The molecule has 0 atom stereocenters. The molecule has 0 radical (unpaired) electrons. The summed E-state index contributed by atoms with van der Waals surface area (Å²) in [5, 5.41) is 0.581. The quantitative estimate of drug-likeness (QED) is 0.843. The van der Waals surface area contributed by atoms with Crippen molar-refractivity contribution in [2.24, 2.45) is 0 Å². The maximum Gasteiger partial charge on any atom is 0.258 e. The lowest BCUT2D eigenvalue weighted by atomic mass is 10.1. The van der Waals surface area contributed by atoms with Crippen LogP contribution in [0.2, 0.25) is 5.02 Å². The van der Waals surface area contributed by atoms with E-state index < -0.39 is 10.0 Å². The van der Waals surface area contributed by atoms with Crippen LogP contribution in [0, 0.1) is 0 Å². The summed E-state index contributed by atoms with van der Waals surface area (Å²) >= 11 is 5.89. The number of carbonyl (C=O) groups is 1. The van der Waals surface area contributed by atoms with Crippen molar-refractivity contribution in [1.29, 1.82) is 0 Å². The molecule has 27 heavy (non-hydrogen) atoms. The van der Waals surface area contributed by atoms with E-state index in [0.717, 1.165) is 36.9 Å². The Morgan fingerprint density at radius 1 is 1.07 bits per heavy atom. The second-order valence-electron chi connectivity index (χ2n) is 7.11. The van der Waals surface area contributed by atoms with Crippen LogP contribution in [0.25, 0.3) is 0 Å². The average molecular weight is 405 g/mol. The predicted octanol–water partition coefficient (Wildman–Crippen LogP) is 3.76. The van der Waals surface area contributed by atoms with Crippen molar-refractivity contribution in [2.45, 2.75) is 43.0 Å². The third-order valence-electron chi connectivity index (χ3n) is 5.27. The van der Waals surface area contributed by atoms with Gasteiger partial charge in [0.2, 0.25) is 10.0 Å². The van der Waals surface area contributed by atoms with Crippen LogP contribution in [0.1, 0.15) is 41.6 Å². The summed E-state index contributed by atoms with van der Waals surface area (Å²) in [7, 11) is -3.53. The van der Waals surface area contributed by atoms with Crippen molar-refractivity contribution in [3.63, 3.8) is 0 Å². The molecular formula is C20H21ClN2O3S. The number of hydrogen-bond acceptors (Lipinski definition) is 3. The van der Waals surface area contributed by atoms with Crippen molar-refractivity contribution in [2.75, 3.05) is 11.4 Å². The molecule has 2 aliphatic rings. The molecule has 0 saturated heterocycles. The number of nitrogens with zero attached hydrogens (tertiary/aromatic N) is 1. The standard InChI is InChI=1S/C20H21ClN2O3S/c21-16-7-5-14(6-8-16)20(24)23-12-11-15-13-18(9-10-19(15)23)27(25,26)22-17-3-1-2-4-17/h5-10,13,17,22H,1-4,11-12H2. The molecule has 4 rings (SSSR count). The van der Waals surface area contributed by atoms with Crippen LogP contribution in [0.3, 0.4) is 0 Å². The first kappa shape index (κ1) is 18.5. The molecule has 1 aliphatic carbocycles. The van der Waals surface area contributed by atoms with Crippen LogP contribution in [0.4, 0.5) is 5.69 Å². The van der Waals surface area contributed by atoms with Gasteiger partial charge in [-0.1, -0.05) is 24.4 Å². The number of hydrogen-bond donors (Lipinski definition) is 1. The van der Waals surface area contributed by atoms with Gasteiger partial charge in [0.1, 0.15) is 0 Å². The highest BCUT2D eigenvalue weighted by Gasteiger charge is 2.28. The first-order valence-electron chi connectivity index (χ1n) is 9.17. The zero-order valence-corrected chi connectivity index (χ0v) is 16.4. The Morgan fingerprint density at radius 3 is 2.48 bits per heavy atom. The fourth-order valence-corrected chi connectivity index (χ4v) is 5.32. The van der Waals surface area contributed by atoms with E-state index in [0.29, 0.717) is 23.6 Å². The van der Waals surface area contributed by atoms with Gasteiger partial charge in [0.25, 0.3) is 5.91 Å². The summed E-state index contributed by atoms with van der Waals surface area (Å²) in [6, 6.07) is 11.8. The minimum atomic E-state index is -3.53. The summed E-state index contributed by atoms with van der Waals surface area (Å²) in [5.41, 5.74) is 2.22. The zero-order chi connectivity index (χ0) is 19.0. The lowest BCUT2D eigenvalue weighted by Gasteiger charge is -2.18.